The molecule has 5 nitrogen and oxygen atoms in total. The Bertz CT molecular complexity index is 580. The second-order valence-electron chi connectivity index (χ2n) is 4.99. The third-order valence-electron chi connectivity index (χ3n) is 3.20. The van der Waals surface area contributed by atoms with Crippen LogP contribution in [0.3, 0.4) is 0 Å². The van der Waals surface area contributed by atoms with Crippen molar-refractivity contribution < 1.29 is 9.53 Å². The summed E-state index contributed by atoms with van der Waals surface area (Å²) in [6.45, 7) is 2.34. The van der Waals surface area contributed by atoms with E-state index in [2.05, 4.69) is 10.4 Å². The number of ether oxygens (including phenoxy) is 1. The molecule has 0 unspecified atom stereocenters. The van der Waals surface area contributed by atoms with E-state index in [1.54, 1.807) is 31.2 Å². The molecular formula is C15H19N3O2. The number of aromatic nitrogens is 2. The Morgan fingerprint density at radius 3 is 2.65 bits per heavy atom. The van der Waals surface area contributed by atoms with Gasteiger partial charge in [-0.1, -0.05) is 30.3 Å². The van der Waals surface area contributed by atoms with Crippen LogP contribution in [-0.2, 0) is 17.3 Å². The van der Waals surface area contributed by atoms with Crippen LogP contribution < -0.4 is 5.32 Å². The molecule has 0 saturated carbocycles. The van der Waals surface area contributed by atoms with Gasteiger partial charge in [0.1, 0.15) is 0 Å². The van der Waals surface area contributed by atoms with Crippen LogP contribution in [0.15, 0.2) is 42.7 Å². The Hall–Kier alpha value is -2.14. The average Bonchev–Trinajstić information content (AvgIpc) is 2.87. The fourth-order valence-corrected chi connectivity index (χ4v) is 2.15. The maximum absolute atomic E-state index is 12.3. The van der Waals surface area contributed by atoms with Crippen molar-refractivity contribution in [2.45, 2.75) is 12.5 Å². The lowest BCUT2D eigenvalue weighted by Gasteiger charge is -2.30. The standard InChI is InChI=1S/C15H19N3O2/c1-15(11-20-3,13-7-5-4-6-8-13)17-14(19)12-9-16-18(2)10-12/h4-10H,11H2,1-3H3,(H,17,19)/t15-/m0/s1. The third kappa shape index (κ3) is 3.05. The van der Waals surface area contributed by atoms with Crippen molar-refractivity contribution in [1.82, 2.24) is 15.1 Å². The Labute approximate surface area is 118 Å². The van der Waals surface area contributed by atoms with E-state index >= 15 is 0 Å². The summed E-state index contributed by atoms with van der Waals surface area (Å²) in [7, 11) is 3.40. The van der Waals surface area contributed by atoms with Gasteiger partial charge in [0.15, 0.2) is 0 Å². The maximum atomic E-state index is 12.3. The number of rotatable bonds is 5. The first-order valence-electron chi connectivity index (χ1n) is 6.41. The van der Waals surface area contributed by atoms with Gasteiger partial charge >= 0.3 is 0 Å². The van der Waals surface area contributed by atoms with Crippen LogP contribution in [-0.4, -0.2) is 29.4 Å². The van der Waals surface area contributed by atoms with E-state index < -0.39 is 5.54 Å². The predicted molar refractivity (Wildman–Crippen MR) is 76.3 cm³/mol. The van der Waals surface area contributed by atoms with Gasteiger partial charge in [-0.2, -0.15) is 5.10 Å². The van der Waals surface area contributed by atoms with Gasteiger partial charge in [-0.15, -0.1) is 0 Å². The van der Waals surface area contributed by atoms with Gasteiger partial charge in [-0.3, -0.25) is 9.48 Å². The summed E-state index contributed by atoms with van der Waals surface area (Å²) in [5.41, 5.74) is 0.952. The highest BCUT2D eigenvalue weighted by atomic mass is 16.5. The minimum atomic E-state index is -0.580. The van der Waals surface area contributed by atoms with Gasteiger partial charge in [-0.25, -0.2) is 0 Å². The zero-order valence-electron chi connectivity index (χ0n) is 12.0. The maximum Gasteiger partial charge on any atom is 0.255 e. The van der Waals surface area contributed by atoms with Crippen molar-refractivity contribution in [3.63, 3.8) is 0 Å². The first-order valence-corrected chi connectivity index (χ1v) is 6.41. The molecule has 0 radical (unpaired) electrons. The molecule has 106 valence electrons. The van der Waals surface area contributed by atoms with Crippen LogP contribution >= 0.6 is 0 Å². The van der Waals surface area contributed by atoms with E-state index in [4.69, 9.17) is 4.74 Å². The van der Waals surface area contributed by atoms with Gasteiger partial charge in [0, 0.05) is 20.4 Å². The summed E-state index contributed by atoms with van der Waals surface area (Å²) in [5.74, 6) is -0.165. The molecule has 0 aliphatic carbocycles. The number of carbonyl (C=O) groups excluding carboxylic acids is 1. The lowest BCUT2D eigenvalue weighted by Crippen LogP contribution is -2.46. The van der Waals surface area contributed by atoms with Crippen LogP contribution in [0, 0.1) is 0 Å². The number of hydrogen-bond donors (Lipinski definition) is 1. The van der Waals surface area contributed by atoms with E-state index in [9.17, 15) is 4.79 Å². The van der Waals surface area contributed by atoms with Gasteiger partial charge < -0.3 is 10.1 Å². The zero-order valence-corrected chi connectivity index (χ0v) is 12.0. The number of carbonyl (C=O) groups is 1. The summed E-state index contributed by atoms with van der Waals surface area (Å²) < 4.78 is 6.87. The van der Waals surface area contributed by atoms with Crippen LogP contribution in [0.4, 0.5) is 0 Å². The van der Waals surface area contributed by atoms with Gasteiger partial charge in [0.05, 0.1) is 23.9 Å². The van der Waals surface area contributed by atoms with Gasteiger partial charge in [-0.05, 0) is 12.5 Å². The molecule has 0 saturated heterocycles. The molecule has 0 aliphatic heterocycles. The van der Waals surface area contributed by atoms with Crippen LogP contribution in [0.2, 0.25) is 0 Å². The van der Waals surface area contributed by atoms with Crippen molar-refractivity contribution >= 4 is 5.91 Å². The molecule has 0 spiro atoms. The Morgan fingerprint density at radius 1 is 1.40 bits per heavy atom. The Morgan fingerprint density at radius 2 is 2.10 bits per heavy atom. The number of nitrogens with zero attached hydrogens (tertiary/aromatic N) is 2. The molecule has 0 aliphatic rings. The minimum Gasteiger partial charge on any atom is -0.382 e. The van der Waals surface area contributed by atoms with E-state index in [1.165, 1.54) is 0 Å². The lowest BCUT2D eigenvalue weighted by atomic mass is 9.92. The second-order valence-corrected chi connectivity index (χ2v) is 4.99. The Balaban J connectivity index is 2.23. The quantitative estimate of drug-likeness (QED) is 0.902. The first kappa shape index (κ1) is 14.3. The molecule has 2 rings (SSSR count). The average molecular weight is 273 g/mol. The summed E-state index contributed by atoms with van der Waals surface area (Å²) in [5, 5.41) is 7.03. The van der Waals surface area contributed by atoms with Crippen molar-refractivity contribution in [3.05, 3.63) is 53.9 Å². The first-order chi connectivity index (χ1) is 9.55. The van der Waals surface area contributed by atoms with Gasteiger partial charge in [0.25, 0.3) is 5.91 Å². The molecule has 5 heteroatoms. The molecular weight excluding hydrogens is 254 g/mol. The summed E-state index contributed by atoms with van der Waals surface area (Å²) in [6, 6.07) is 9.78. The van der Waals surface area contributed by atoms with Crippen LogP contribution in [0.1, 0.15) is 22.8 Å². The molecule has 20 heavy (non-hydrogen) atoms. The summed E-state index contributed by atoms with van der Waals surface area (Å²) >= 11 is 0. The topological polar surface area (TPSA) is 56.1 Å². The lowest BCUT2D eigenvalue weighted by molar-refractivity contribution is 0.0786. The molecule has 1 aromatic heterocycles. The van der Waals surface area contributed by atoms with Crippen LogP contribution in [0.25, 0.3) is 0 Å². The third-order valence-corrected chi connectivity index (χ3v) is 3.20. The number of benzene rings is 1. The minimum absolute atomic E-state index is 0.165. The van der Waals surface area contributed by atoms with Crippen molar-refractivity contribution in [1.29, 1.82) is 0 Å². The number of amides is 1. The predicted octanol–water partition coefficient (Wildman–Crippen LogP) is 1.71. The summed E-state index contributed by atoms with van der Waals surface area (Å²) in [6.07, 6.45) is 3.24. The SMILES string of the molecule is COC[C@](C)(NC(=O)c1cnn(C)c1)c1ccccc1. The fourth-order valence-electron chi connectivity index (χ4n) is 2.15. The monoisotopic (exact) mass is 273 g/mol. The highest BCUT2D eigenvalue weighted by molar-refractivity contribution is 5.94. The molecule has 0 bridgehead atoms. The second kappa shape index (κ2) is 5.88. The molecule has 1 aromatic carbocycles. The van der Waals surface area contributed by atoms with Crippen molar-refractivity contribution in [2.24, 2.45) is 7.05 Å². The molecule has 0 fully saturated rings. The molecule has 1 amide bonds. The number of nitrogens with one attached hydrogen (secondary N) is 1. The molecule has 1 atom stereocenters. The zero-order chi connectivity index (χ0) is 14.6. The highest BCUT2D eigenvalue weighted by Crippen LogP contribution is 2.21. The van der Waals surface area contributed by atoms with Crippen LogP contribution in [0.5, 0.6) is 0 Å². The van der Waals surface area contributed by atoms with E-state index in [0.29, 0.717) is 12.2 Å². The molecule has 1 heterocycles. The van der Waals surface area contributed by atoms with Crippen molar-refractivity contribution in [3.8, 4) is 0 Å². The normalized spacial score (nSPS) is 13.8. The van der Waals surface area contributed by atoms with E-state index in [0.717, 1.165) is 5.56 Å². The number of hydrogen-bond acceptors (Lipinski definition) is 3. The fraction of sp³-hybridized carbons (Fsp3) is 0.333. The van der Waals surface area contributed by atoms with E-state index in [1.807, 2.05) is 37.3 Å². The molecule has 1 N–H and O–H groups in total. The smallest absolute Gasteiger partial charge is 0.255 e. The molecule has 2 aromatic rings. The van der Waals surface area contributed by atoms with E-state index in [-0.39, 0.29) is 5.91 Å². The largest absolute Gasteiger partial charge is 0.382 e. The Kier molecular flexibility index (Phi) is 4.20. The summed E-state index contributed by atoms with van der Waals surface area (Å²) in [4.78, 5) is 12.3. The van der Waals surface area contributed by atoms with Gasteiger partial charge in [0.2, 0.25) is 0 Å². The number of aryl methyl sites for hydroxylation is 1. The van der Waals surface area contributed by atoms with Crippen molar-refractivity contribution in [2.75, 3.05) is 13.7 Å². The highest BCUT2D eigenvalue weighted by Gasteiger charge is 2.29. The number of methoxy groups -OCH3 is 1.